The van der Waals surface area contributed by atoms with Crippen LogP contribution in [0.3, 0.4) is 0 Å². The molecule has 2 fully saturated rings. The van der Waals surface area contributed by atoms with Crippen molar-refractivity contribution in [2.24, 2.45) is 0 Å². The topological polar surface area (TPSA) is 80.2 Å². The summed E-state index contributed by atoms with van der Waals surface area (Å²) in [5.74, 6) is 1.03. The highest BCUT2D eigenvalue weighted by atomic mass is 32.1. The standard InChI is InChI=1S/C19H19N5O2S/c1-10(25)21-19-22-16-5-12(17-7-20-11(2)27-17)3-4-15(16)18(23-19)24-8-14-6-13(24)9-26-14/h3-5,7,13-14H,6,8-9H2,1-2H3,(H,21,22,23,25)/t13-,14-/m1/s1. The van der Waals surface area contributed by atoms with Crippen LogP contribution < -0.4 is 10.2 Å². The van der Waals surface area contributed by atoms with E-state index in [1.165, 1.54) is 6.92 Å². The molecule has 7 nitrogen and oxygen atoms in total. The summed E-state index contributed by atoms with van der Waals surface area (Å²) in [5, 5.41) is 4.76. The normalized spacial score (nSPS) is 21.2. The molecule has 138 valence electrons. The van der Waals surface area contributed by atoms with E-state index in [0.29, 0.717) is 12.0 Å². The highest BCUT2D eigenvalue weighted by Crippen LogP contribution is 2.37. The van der Waals surface area contributed by atoms with Crippen LogP contribution in [0.4, 0.5) is 11.8 Å². The smallest absolute Gasteiger partial charge is 0.231 e. The summed E-state index contributed by atoms with van der Waals surface area (Å²) >= 11 is 1.65. The van der Waals surface area contributed by atoms with Crippen molar-refractivity contribution in [1.29, 1.82) is 0 Å². The third-order valence-corrected chi connectivity index (χ3v) is 6.00. The third kappa shape index (κ3) is 2.94. The van der Waals surface area contributed by atoms with Crippen molar-refractivity contribution in [3.8, 4) is 10.4 Å². The van der Waals surface area contributed by atoms with E-state index in [2.05, 4.69) is 37.3 Å². The van der Waals surface area contributed by atoms with Crippen molar-refractivity contribution in [2.75, 3.05) is 23.4 Å². The predicted octanol–water partition coefficient (Wildman–Crippen LogP) is 3.00. The van der Waals surface area contributed by atoms with Crippen molar-refractivity contribution < 1.29 is 9.53 Å². The van der Waals surface area contributed by atoms with Gasteiger partial charge in [0.1, 0.15) is 5.82 Å². The first-order valence-electron chi connectivity index (χ1n) is 8.97. The van der Waals surface area contributed by atoms with Crippen molar-refractivity contribution in [3.63, 3.8) is 0 Å². The van der Waals surface area contributed by atoms with E-state index in [0.717, 1.165) is 51.7 Å². The molecule has 1 aromatic carbocycles. The predicted molar refractivity (Wildman–Crippen MR) is 105 cm³/mol. The van der Waals surface area contributed by atoms with Crippen LogP contribution in [-0.2, 0) is 9.53 Å². The number of morpholine rings is 1. The average molecular weight is 381 g/mol. The Morgan fingerprint density at radius 1 is 1.37 bits per heavy atom. The molecule has 0 aliphatic carbocycles. The summed E-state index contributed by atoms with van der Waals surface area (Å²) in [6.07, 6.45) is 3.18. The minimum absolute atomic E-state index is 0.180. The second-order valence-corrected chi connectivity index (χ2v) is 8.26. The number of rotatable bonds is 3. The molecule has 2 atom stereocenters. The molecule has 2 aromatic heterocycles. The van der Waals surface area contributed by atoms with Gasteiger partial charge in [-0.15, -0.1) is 11.3 Å². The molecule has 0 unspecified atom stereocenters. The van der Waals surface area contributed by atoms with Gasteiger partial charge in [0, 0.05) is 25.1 Å². The first-order chi connectivity index (χ1) is 13.1. The number of hydrogen-bond acceptors (Lipinski definition) is 7. The van der Waals surface area contributed by atoms with Crippen LogP contribution in [0, 0.1) is 6.92 Å². The number of carbonyl (C=O) groups excluding carboxylic acids is 1. The molecule has 2 aliphatic heterocycles. The number of fused-ring (bicyclic) bond motifs is 3. The summed E-state index contributed by atoms with van der Waals surface area (Å²) < 4.78 is 5.73. The first-order valence-corrected chi connectivity index (χ1v) is 9.79. The number of thiazole rings is 1. The van der Waals surface area contributed by atoms with Gasteiger partial charge in [0.2, 0.25) is 11.9 Å². The molecule has 4 heterocycles. The summed E-state index contributed by atoms with van der Waals surface area (Å²) in [6, 6.07) is 6.54. The number of carbonyl (C=O) groups is 1. The van der Waals surface area contributed by atoms with E-state index in [-0.39, 0.29) is 12.0 Å². The molecule has 1 amide bonds. The molecule has 0 radical (unpaired) electrons. The van der Waals surface area contributed by atoms with Crippen molar-refractivity contribution in [1.82, 2.24) is 15.0 Å². The maximum absolute atomic E-state index is 11.6. The Hall–Kier alpha value is -2.58. The lowest BCUT2D eigenvalue weighted by Crippen LogP contribution is -2.37. The van der Waals surface area contributed by atoms with E-state index in [1.807, 2.05) is 19.2 Å². The lowest BCUT2D eigenvalue weighted by Gasteiger charge is -2.29. The maximum atomic E-state index is 11.6. The van der Waals surface area contributed by atoms with E-state index in [1.54, 1.807) is 11.3 Å². The minimum atomic E-state index is -0.180. The number of aromatic nitrogens is 3. The summed E-state index contributed by atoms with van der Waals surface area (Å²) in [4.78, 5) is 28.6. The molecule has 2 bridgehead atoms. The van der Waals surface area contributed by atoms with Gasteiger partial charge in [0.05, 0.1) is 34.2 Å². The number of amides is 1. The van der Waals surface area contributed by atoms with Crippen LogP contribution >= 0.6 is 11.3 Å². The summed E-state index contributed by atoms with van der Waals surface area (Å²) in [7, 11) is 0. The number of ether oxygens (including phenoxy) is 1. The Morgan fingerprint density at radius 2 is 2.26 bits per heavy atom. The van der Waals surface area contributed by atoms with Crippen LogP contribution in [0.2, 0.25) is 0 Å². The number of nitrogens with zero attached hydrogens (tertiary/aromatic N) is 4. The fourth-order valence-corrected chi connectivity index (χ4v) is 4.63. The molecular formula is C19H19N5O2S. The molecule has 1 N–H and O–H groups in total. The van der Waals surface area contributed by atoms with Crippen LogP contribution in [-0.4, -0.2) is 46.2 Å². The highest BCUT2D eigenvalue weighted by Gasteiger charge is 2.40. The average Bonchev–Trinajstić information content (AvgIpc) is 3.36. The number of hydrogen-bond donors (Lipinski definition) is 1. The van der Waals surface area contributed by atoms with Gasteiger partial charge in [-0.3, -0.25) is 10.1 Å². The quantitative estimate of drug-likeness (QED) is 0.751. The Kier molecular flexibility index (Phi) is 3.84. The zero-order valence-electron chi connectivity index (χ0n) is 15.1. The lowest BCUT2D eigenvalue weighted by atomic mass is 10.1. The Balaban J connectivity index is 1.64. The second kappa shape index (κ2) is 6.24. The summed E-state index contributed by atoms with van der Waals surface area (Å²) in [5.41, 5.74) is 1.88. The van der Waals surface area contributed by atoms with Gasteiger partial charge in [-0.05, 0) is 31.0 Å². The SMILES string of the molecule is CC(=O)Nc1nc(N2C[C@H]3C[C@@H]2CO3)c2ccc(-c3cnc(C)s3)cc2n1. The fraction of sp³-hybridized carbons (Fsp3) is 0.368. The van der Waals surface area contributed by atoms with Gasteiger partial charge in [-0.1, -0.05) is 6.07 Å². The molecule has 5 rings (SSSR count). The van der Waals surface area contributed by atoms with E-state index >= 15 is 0 Å². The van der Waals surface area contributed by atoms with Crippen LogP contribution in [0.5, 0.6) is 0 Å². The minimum Gasteiger partial charge on any atom is -0.374 e. The van der Waals surface area contributed by atoms with Gasteiger partial charge in [0.15, 0.2) is 0 Å². The molecule has 8 heteroatoms. The van der Waals surface area contributed by atoms with Gasteiger partial charge >= 0.3 is 0 Å². The van der Waals surface area contributed by atoms with Gasteiger partial charge in [0.25, 0.3) is 0 Å². The highest BCUT2D eigenvalue weighted by molar-refractivity contribution is 7.15. The Morgan fingerprint density at radius 3 is 2.93 bits per heavy atom. The number of nitrogens with one attached hydrogen (secondary N) is 1. The zero-order chi connectivity index (χ0) is 18.5. The van der Waals surface area contributed by atoms with Gasteiger partial charge < -0.3 is 9.64 Å². The number of anilines is 2. The number of benzene rings is 1. The third-order valence-electron chi connectivity index (χ3n) is 5.04. The lowest BCUT2D eigenvalue weighted by molar-refractivity contribution is -0.114. The fourth-order valence-electron chi connectivity index (χ4n) is 3.85. The van der Waals surface area contributed by atoms with Gasteiger partial charge in [-0.25, -0.2) is 9.97 Å². The van der Waals surface area contributed by atoms with Crippen LogP contribution in [0.25, 0.3) is 21.3 Å². The second-order valence-electron chi connectivity index (χ2n) is 7.02. The number of aryl methyl sites for hydroxylation is 1. The molecule has 0 spiro atoms. The maximum Gasteiger partial charge on any atom is 0.231 e. The molecule has 27 heavy (non-hydrogen) atoms. The van der Waals surface area contributed by atoms with Crippen LogP contribution in [0.1, 0.15) is 18.4 Å². The molecule has 0 saturated carbocycles. The zero-order valence-corrected chi connectivity index (χ0v) is 15.9. The van der Waals surface area contributed by atoms with E-state index in [9.17, 15) is 4.79 Å². The van der Waals surface area contributed by atoms with Crippen molar-refractivity contribution >= 4 is 39.9 Å². The molecule has 2 aliphatic rings. The van der Waals surface area contributed by atoms with Gasteiger partial charge in [-0.2, -0.15) is 4.98 Å². The van der Waals surface area contributed by atoms with E-state index in [4.69, 9.17) is 4.74 Å². The molecule has 3 aromatic rings. The molecule has 2 saturated heterocycles. The van der Waals surface area contributed by atoms with Crippen molar-refractivity contribution in [3.05, 3.63) is 29.4 Å². The Bertz CT molecular complexity index is 1050. The summed E-state index contributed by atoms with van der Waals surface area (Å²) in [6.45, 7) is 5.01. The monoisotopic (exact) mass is 381 g/mol. The first kappa shape index (κ1) is 16.6. The Labute approximate surface area is 160 Å². The van der Waals surface area contributed by atoms with E-state index < -0.39 is 0 Å². The molecular weight excluding hydrogens is 362 g/mol. The largest absolute Gasteiger partial charge is 0.374 e. The van der Waals surface area contributed by atoms with Crippen LogP contribution in [0.15, 0.2) is 24.4 Å². The van der Waals surface area contributed by atoms with Crippen molar-refractivity contribution in [2.45, 2.75) is 32.4 Å².